The first-order valence-corrected chi connectivity index (χ1v) is 6.87. The Morgan fingerprint density at radius 3 is 2.95 bits per heavy atom. The Morgan fingerprint density at radius 2 is 2.35 bits per heavy atom. The molecule has 0 radical (unpaired) electrons. The van der Waals surface area contributed by atoms with Crippen molar-refractivity contribution in [1.29, 1.82) is 5.26 Å². The number of rotatable bonds is 5. The fourth-order valence-corrected chi connectivity index (χ4v) is 2.64. The van der Waals surface area contributed by atoms with Crippen molar-refractivity contribution in [2.24, 2.45) is 5.41 Å². The van der Waals surface area contributed by atoms with Gasteiger partial charge in [0.05, 0.1) is 17.4 Å². The van der Waals surface area contributed by atoms with Crippen LogP contribution in [-0.4, -0.2) is 34.9 Å². The third kappa shape index (κ3) is 2.37. The normalized spacial score (nSPS) is 27.4. The van der Waals surface area contributed by atoms with E-state index in [2.05, 4.69) is 10.3 Å². The molecule has 5 nitrogen and oxygen atoms in total. The summed E-state index contributed by atoms with van der Waals surface area (Å²) >= 11 is 0. The van der Waals surface area contributed by atoms with Crippen molar-refractivity contribution in [3.05, 3.63) is 24.0 Å². The lowest BCUT2D eigenvalue weighted by Gasteiger charge is -2.58. The first kappa shape index (κ1) is 14.8. The molecule has 0 amide bonds. The molecular formula is C15H21N3O2. The van der Waals surface area contributed by atoms with E-state index in [-0.39, 0.29) is 11.5 Å². The van der Waals surface area contributed by atoms with Crippen LogP contribution in [0, 0.1) is 16.7 Å². The topological polar surface area (TPSA) is 78.2 Å². The quantitative estimate of drug-likeness (QED) is 0.858. The molecule has 0 aliphatic heterocycles. The van der Waals surface area contributed by atoms with Gasteiger partial charge in [-0.15, -0.1) is 0 Å². The molecule has 108 valence electrons. The van der Waals surface area contributed by atoms with Crippen LogP contribution in [0.1, 0.15) is 32.9 Å². The summed E-state index contributed by atoms with van der Waals surface area (Å²) in [6.07, 6.45) is 2.25. The zero-order valence-electron chi connectivity index (χ0n) is 12.2. The van der Waals surface area contributed by atoms with E-state index in [0.29, 0.717) is 31.0 Å². The molecule has 5 heteroatoms. The van der Waals surface area contributed by atoms with E-state index in [4.69, 9.17) is 10.00 Å². The maximum atomic E-state index is 10.7. The molecule has 1 aromatic heterocycles. The number of nitrogens with one attached hydrogen (secondary N) is 1. The Kier molecular flexibility index (Phi) is 3.98. The molecule has 1 fully saturated rings. The van der Waals surface area contributed by atoms with Crippen LogP contribution in [0.5, 0.6) is 0 Å². The number of aliphatic hydroxyl groups is 1. The highest BCUT2D eigenvalue weighted by atomic mass is 16.5. The number of hydrogen-bond donors (Lipinski definition) is 2. The highest BCUT2D eigenvalue weighted by molar-refractivity contribution is 5.53. The lowest BCUT2D eigenvalue weighted by atomic mass is 9.56. The van der Waals surface area contributed by atoms with Gasteiger partial charge < -0.3 is 15.2 Å². The number of nitrogens with zero attached hydrogens (tertiary/aromatic N) is 2. The third-order valence-corrected chi connectivity index (χ3v) is 4.38. The lowest BCUT2D eigenvalue weighted by Crippen LogP contribution is -2.67. The van der Waals surface area contributed by atoms with Crippen molar-refractivity contribution >= 4 is 5.69 Å². The smallest absolute Gasteiger partial charge is 0.163 e. The van der Waals surface area contributed by atoms with Crippen molar-refractivity contribution in [3.8, 4) is 6.07 Å². The molecular weight excluding hydrogens is 254 g/mol. The van der Waals surface area contributed by atoms with Gasteiger partial charge >= 0.3 is 0 Å². The molecule has 1 heterocycles. The second-order valence-electron chi connectivity index (χ2n) is 5.77. The summed E-state index contributed by atoms with van der Waals surface area (Å²) < 4.78 is 5.63. The summed E-state index contributed by atoms with van der Waals surface area (Å²) in [6, 6.07) is 5.60. The van der Waals surface area contributed by atoms with Gasteiger partial charge in [0.15, 0.2) is 5.69 Å². The largest absolute Gasteiger partial charge is 0.387 e. The second kappa shape index (κ2) is 5.39. The van der Waals surface area contributed by atoms with Gasteiger partial charge in [0, 0.05) is 31.2 Å². The summed E-state index contributed by atoms with van der Waals surface area (Å²) in [6.45, 7) is 7.00. The van der Waals surface area contributed by atoms with E-state index in [0.717, 1.165) is 0 Å². The van der Waals surface area contributed by atoms with Crippen LogP contribution in [0.2, 0.25) is 0 Å². The molecule has 1 aliphatic carbocycles. The molecule has 1 aliphatic rings. The number of anilines is 1. The number of ether oxygens (including phenoxy) is 1. The number of hydrogen-bond acceptors (Lipinski definition) is 5. The minimum absolute atomic E-state index is 0.0728. The minimum atomic E-state index is -0.838. The van der Waals surface area contributed by atoms with Gasteiger partial charge in [-0.2, -0.15) is 5.26 Å². The number of aromatic nitrogens is 1. The zero-order chi connectivity index (χ0) is 14.8. The average Bonchev–Trinajstić information content (AvgIpc) is 2.45. The van der Waals surface area contributed by atoms with Gasteiger partial charge in [0.1, 0.15) is 6.07 Å². The summed E-state index contributed by atoms with van der Waals surface area (Å²) in [4.78, 5) is 3.99. The zero-order valence-corrected chi connectivity index (χ0v) is 12.2. The van der Waals surface area contributed by atoms with Gasteiger partial charge in [-0.25, -0.2) is 4.98 Å². The van der Waals surface area contributed by atoms with E-state index in [1.807, 2.05) is 26.8 Å². The fourth-order valence-electron chi connectivity index (χ4n) is 2.64. The van der Waals surface area contributed by atoms with Gasteiger partial charge in [0.25, 0.3) is 0 Å². The summed E-state index contributed by atoms with van der Waals surface area (Å²) in [5.41, 5.74) is -0.158. The molecule has 2 unspecified atom stereocenters. The van der Waals surface area contributed by atoms with Crippen LogP contribution in [-0.2, 0) is 4.74 Å². The van der Waals surface area contributed by atoms with Crippen molar-refractivity contribution in [2.45, 2.75) is 38.9 Å². The van der Waals surface area contributed by atoms with Crippen molar-refractivity contribution in [3.63, 3.8) is 0 Å². The predicted octanol–water partition coefficient (Wildman–Crippen LogP) is 1.93. The summed E-state index contributed by atoms with van der Waals surface area (Å²) in [5, 5.41) is 22.8. The average molecular weight is 275 g/mol. The standard InChI is InChI=1S/C15H21N3O2/c1-4-20-13-8-15(19,14(13,2)3)10-18-11-6-5-7-17-12(11)9-16/h5-7,13,18-19H,4,8,10H2,1-3H3. The SMILES string of the molecule is CCOC1CC(O)(CNc2cccnc2C#N)C1(C)C. The van der Waals surface area contributed by atoms with E-state index >= 15 is 0 Å². The van der Waals surface area contributed by atoms with Crippen LogP contribution in [0.3, 0.4) is 0 Å². The number of nitriles is 1. The van der Waals surface area contributed by atoms with E-state index < -0.39 is 5.60 Å². The Balaban J connectivity index is 2.03. The molecule has 0 bridgehead atoms. The summed E-state index contributed by atoms with van der Waals surface area (Å²) in [7, 11) is 0. The van der Waals surface area contributed by atoms with E-state index in [1.165, 1.54) is 0 Å². The van der Waals surface area contributed by atoms with Crippen LogP contribution in [0.25, 0.3) is 0 Å². The third-order valence-electron chi connectivity index (χ3n) is 4.38. The van der Waals surface area contributed by atoms with Gasteiger partial charge in [0.2, 0.25) is 0 Å². The van der Waals surface area contributed by atoms with E-state index in [1.54, 1.807) is 18.3 Å². The van der Waals surface area contributed by atoms with Gasteiger partial charge in [-0.1, -0.05) is 13.8 Å². The van der Waals surface area contributed by atoms with Crippen LogP contribution in [0.4, 0.5) is 5.69 Å². The maximum Gasteiger partial charge on any atom is 0.163 e. The number of pyridine rings is 1. The minimum Gasteiger partial charge on any atom is -0.387 e. The van der Waals surface area contributed by atoms with Crippen molar-refractivity contribution < 1.29 is 9.84 Å². The Bertz CT molecular complexity index is 524. The first-order valence-electron chi connectivity index (χ1n) is 6.87. The van der Waals surface area contributed by atoms with Crippen molar-refractivity contribution in [2.75, 3.05) is 18.5 Å². The first-order chi connectivity index (χ1) is 9.44. The molecule has 0 spiro atoms. The summed E-state index contributed by atoms with van der Waals surface area (Å²) in [5.74, 6) is 0. The molecule has 20 heavy (non-hydrogen) atoms. The molecule has 0 saturated heterocycles. The van der Waals surface area contributed by atoms with Crippen LogP contribution in [0.15, 0.2) is 18.3 Å². The van der Waals surface area contributed by atoms with Gasteiger partial charge in [-0.05, 0) is 19.1 Å². The van der Waals surface area contributed by atoms with Crippen LogP contribution >= 0.6 is 0 Å². The molecule has 1 aromatic rings. The Hall–Kier alpha value is -1.64. The van der Waals surface area contributed by atoms with Gasteiger partial charge in [-0.3, -0.25) is 0 Å². The maximum absolute atomic E-state index is 10.7. The molecule has 2 rings (SSSR count). The fraction of sp³-hybridized carbons (Fsp3) is 0.600. The molecule has 1 saturated carbocycles. The molecule has 0 aromatic carbocycles. The Morgan fingerprint density at radius 1 is 1.60 bits per heavy atom. The van der Waals surface area contributed by atoms with Crippen molar-refractivity contribution in [1.82, 2.24) is 4.98 Å². The lowest BCUT2D eigenvalue weighted by molar-refractivity contribution is -0.233. The second-order valence-corrected chi connectivity index (χ2v) is 5.77. The Labute approximate surface area is 119 Å². The van der Waals surface area contributed by atoms with E-state index in [9.17, 15) is 5.11 Å². The monoisotopic (exact) mass is 275 g/mol. The van der Waals surface area contributed by atoms with Crippen LogP contribution < -0.4 is 5.32 Å². The predicted molar refractivity (Wildman–Crippen MR) is 76.2 cm³/mol. The highest BCUT2D eigenvalue weighted by Gasteiger charge is 2.59. The highest BCUT2D eigenvalue weighted by Crippen LogP contribution is 2.51. The molecule has 2 atom stereocenters. The molecule has 2 N–H and O–H groups in total.